The summed E-state index contributed by atoms with van der Waals surface area (Å²) in [7, 11) is 0. The summed E-state index contributed by atoms with van der Waals surface area (Å²) in [6, 6.07) is 17.1. The Balaban J connectivity index is 1.49. The minimum absolute atomic E-state index is 0.0388. The van der Waals surface area contributed by atoms with Gasteiger partial charge in [0.1, 0.15) is 11.5 Å². The van der Waals surface area contributed by atoms with Gasteiger partial charge >= 0.3 is 0 Å². The lowest BCUT2D eigenvalue weighted by molar-refractivity contribution is 0.0659. The van der Waals surface area contributed by atoms with Gasteiger partial charge in [-0.1, -0.05) is 30.3 Å². The molecule has 0 unspecified atom stereocenters. The minimum atomic E-state index is 0.0388. The molecule has 0 N–H and O–H groups in total. The number of benzene rings is 2. The summed E-state index contributed by atoms with van der Waals surface area (Å²) < 4.78 is 8.06. The van der Waals surface area contributed by atoms with Crippen molar-refractivity contribution >= 4 is 5.91 Å². The number of amides is 1. The molecule has 5 nitrogen and oxygen atoms in total. The molecule has 1 fully saturated rings. The highest BCUT2D eigenvalue weighted by Crippen LogP contribution is 2.28. The van der Waals surface area contributed by atoms with Gasteiger partial charge in [-0.3, -0.25) is 4.79 Å². The van der Waals surface area contributed by atoms with Crippen molar-refractivity contribution in [2.24, 2.45) is 5.92 Å². The second-order valence-electron chi connectivity index (χ2n) is 6.93. The van der Waals surface area contributed by atoms with Crippen LogP contribution in [0, 0.1) is 5.92 Å². The number of piperidine rings is 1. The highest BCUT2D eigenvalue weighted by atomic mass is 16.5. The fourth-order valence-electron chi connectivity index (χ4n) is 3.61. The van der Waals surface area contributed by atoms with Crippen molar-refractivity contribution < 1.29 is 9.53 Å². The Bertz CT molecular complexity index is 878. The van der Waals surface area contributed by atoms with Gasteiger partial charge in [-0.15, -0.1) is 0 Å². The van der Waals surface area contributed by atoms with Crippen molar-refractivity contribution in [3.05, 3.63) is 78.9 Å². The first-order chi connectivity index (χ1) is 13.3. The van der Waals surface area contributed by atoms with E-state index in [1.54, 1.807) is 6.20 Å². The van der Waals surface area contributed by atoms with Crippen LogP contribution in [-0.2, 0) is 6.54 Å². The number of hydrogen-bond acceptors (Lipinski definition) is 3. The van der Waals surface area contributed by atoms with Gasteiger partial charge in [-0.25, -0.2) is 4.98 Å². The largest absolute Gasteiger partial charge is 0.457 e. The number of nitrogens with zero attached hydrogens (tertiary/aromatic N) is 3. The number of imidazole rings is 1. The topological polar surface area (TPSA) is 47.4 Å². The van der Waals surface area contributed by atoms with E-state index < -0.39 is 0 Å². The SMILES string of the molecule is O=C(c1ccccc1Oc1ccccc1)N1CCC[C@@H](Cn2ccnc2)C1. The first-order valence-corrected chi connectivity index (χ1v) is 9.36. The van der Waals surface area contributed by atoms with Gasteiger partial charge in [-0.05, 0) is 43.0 Å². The number of carbonyl (C=O) groups is 1. The molecule has 1 saturated heterocycles. The molecule has 1 aliphatic heterocycles. The summed E-state index contributed by atoms with van der Waals surface area (Å²) in [6.45, 7) is 2.45. The van der Waals surface area contributed by atoms with Crippen LogP contribution in [0.3, 0.4) is 0 Å². The zero-order valence-corrected chi connectivity index (χ0v) is 15.2. The maximum absolute atomic E-state index is 13.2. The maximum Gasteiger partial charge on any atom is 0.257 e. The second kappa shape index (κ2) is 8.08. The first-order valence-electron chi connectivity index (χ1n) is 9.36. The van der Waals surface area contributed by atoms with Gasteiger partial charge in [0.15, 0.2) is 0 Å². The lowest BCUT2D eigenvalue weighted by Gasteiger charge is -2.33. The highest BCUT2D eigenvalue weighted by Gasteiger charge is 2.26. The fourth-order valence-corrected chi connectivity index (χ4v) is 3.61. The number of hydrogen-bond donors (Lipinski definition) is 0. The Morgan fingerprint density at radius 3 is 2.74 bits per heavy atom. The van der Waals surface area contributed by atoms with Gasteiger partial charge in [0.05, 0.1) is 11.9 Å². The van der Waals surface area contributed by atoms with Crippen LogP contribution in [0.25, 0.3) is 0 Å². The van der Waals surface area contributed by atoms with Crippen LogP contribution in [-0.4, -0.2) is 33.4 Å². The summed E-state index contributed by atoms with van der Waals surface area (Å²) in [5.74, 6) is 1.82. The van der Waals surface area contributed by atoms with Crippen molar-refractivity contribution in [2.45, 2.75) is 19.4 Å². The number of para-hydroxylation sites is 2. The average molecular weight is 361 g/mol. The predicted octanol–water partition coefficient (Wildman–Crippen LogP) is 4.23. The minimum Gasteiger partial charge on any atom is -0.457 e. The molecule has 1 amide bonds. The summed E-state index contributed by atoms with van der Waals surface area (Å²) in [5.41, 5.74) is 0.615. The van der Waals surface area contributed by atoms with Crippen LogP contribution in [0.1, 0.15) is 23.2 Å². The molecule has 1 aromatic heterocycles. The third-order valence-electron chi connectivity index (χ3n) is 4.92. The Labute approximate surface area is 159 Å². The predicted molar refractivity (Wildman–Crippen MR) is 104 cm³/mol. The summed E-state index contributed by atoms with van der Waals surface area (Å²) in [5, 5.41) is 0. The number of ether oxygens (including phenoxy) is 1. The van der Waals surface area contributed by atoms with E-state index >= 15 is 0 Å². The van der Waals surface area contributed by atoms with Gasteiger partial charge < -0.3 is 14.2 Å². The molecule has 0 aliphatic carbocycles. The van der Waals surface area contributed by atoms with Crippen molar-refractivity contribution in [1.29, 1.82) is 0 Å². The Kier molecular flexibility index (Phi) is 5.19. The van der Waals surface area contributed by atoms with Crippen LogP contribution in [0.4, 0.5) is 0 Å². The maximum atomic E-state index is 13.2. The zero-order valence-electron chi connectivity index (χ0n) is 15.2. The van der Waals surface area contributed by atoms with Gasteiger partial charge in [0.2, 0.25) is 0 Å². The molecule has 0 radical (unpaired) electrons. The summed E-state index contributed by atoms with van der Waals surface area (Å²) >= 11 is 0. The fraction of sp³-hybridized carbons (Fsp3) is 0.273. The molecular formula is C22H23N3O2. The molecule has 138 valence electrons. The zero-order chi connectivity index (χ0) is 18.5. The van der Waals surface area contributed by atoms with E-state index in [1.807, 2.05) is 72.0 Å². The van der Waals surface area contributed by atoms with Crippen LogP contribution < -0.4 is 4.74 Å². The molecule has 0 bridgehead atoms. The Morgan fingerprint density at radius 2 is 1.93 bits per heavy atom. The van der Waals surface area contributed by atoms with Crippen LogP contribution in [0.2, 0.25) is 0 Å². The van der Waals surface area contributed by atoms with E-state index in [2.05, 4.69) is 9.55 Å². The summed E-state index contributed by atoms with van der Waals surface area (Å²) in [6.07, 6.45) is 7.76. The van der Waals surface area contributed by atoms with Gasteiger partial charge in [0.25, 0.3) is 5.91 Å². The van der Waals surface area contributed by atoms with Crippen LogP contribution in [0.5, 0.6) is 11.5 Å². The van der Waals surface area contributed by atoms with Crippen molar-refractivity contribution in [1.82, 2.24) is 14.5 Å². The quantitative estimate of drug-likeness (QED) is 0.683. The van der Waals surface area contributed by atoms with E-state index in [-0.39, 0.29) is 5.91 Å². The van der Waals surface area contributed by atoms with Crippen LogP contribution >= 0.6 is 0 Å². The van der Waals surface area contributed by atoms with E-state index in [0.29, 0.717) is 17.2 Å². The van der Waals surface area contributed by atoms with Crippen molar-refractivity contribution in [3.63, 3.8) is 0 Å². The average Bonchev–Trinajstić information content (AvgIpc) is 3.22. The van der Waals surface area contributed by atoms with Crippen molar-refractivity contribution in [2.75, 3.05) is 13.1 Å². The number of carbonyl (C=O) groups excluding carboxylic acids is 1. The molecule has 27 heavy (non-hydrogen) atoms. The van der Waals surface area contributed by atoms with Crippen molar-refractivity contribution in [3.8, 4) is 11.5 Å². The second-order valence-corrected chi connectivity index (χ2v) is 6.93. The number of rotatable bonds is 5. The van der Waals surface area contributed by atoms with Gasteiger partial charge in [-0.2, -0.15) is 0 Å². The number of likely N-dealkylation sites (tertiary alicyclic amines) is 1. The summed E-state index contributed by atoms with van der Waals surface area (Å²) in [4.78, 5) is 19.2. The number of aromatic nitrogens is 2. The molecule has 0 saturated carbocycles. The van der Waals surface area contributed by atoms with E-state index in [1.165, 1.54) is 0 Å². The standard InChI is InChI=1S/C22H23N3O2/c26-22(25-13-6-7-18(16-25)15-24-14-12-23-17-24)20-10-4-5-11-21(20)27-19-8-2-1-3-9-19/h1-5,8-12,14,17-18H,6-7,13,15-16H2/t18-/m0/s1. The molecule has 2 heterocycles. The third-order valence-corrected chi connectivity index (χ3v) is 4.92. The first kappa shape index (κ1) is 17.3. The molecule has 1 aliphatic rings. The normalized spacial score (nSPS) is 16.9. The lowest BCUT2D eigenvalue weighted by Crippen LogP contribution is -2.41. The Morgan fingerprint density at radius 1 is 1.11 bits per heavy atom. The van der Waals surface area contributed by atoms with Crippen LogP contribution in [0.15, 0.2) is 73.3 Å². The molecule has 5 heteroatoms. The van der Waals surface area contributed by atoms with E-state index in [9.17, 15) is 4.79 Å². The molecule has 2 aromatic carbocycles. The lowest BCUT2D eigenvalue weighted by atomic mass is 9.97. The molecule has 0 spiro atoms. The monoisotopic (exact) mass is 361 g/mol. The molecule has 1 atom stereocenters. The van der Waals surface area contributed by atoms with Gasteiger partial charge in [0, 0.05) is 32.0 Å². The molecule has 4 rings (SSSR count). The van der Waals surface area contributed by atoms with E-state index in [4.69, 9.17) is 4.74 Å². The smallest absolute Gasteiger partial charge is 0.257 e. The Hall–Kier alpha value is -3.08. The highest BCUT2D eigenvalue weighted by molar-refractivity contribution is 5.97. The van der Waals surface area contributed by atoms with E-state index in [0.717, 1.165) is 38.2 Å². The molecule has 3 aromatic rings. The molecular weight excluding hydrogens is 338 g/mol. The third kappa shape index (κ3) is 4.19.